The fourth-order valence-corrected chi connectivity index (χ4v) is 3.30. The Morgan fingerprint density at radius 3 is 1.77 bits per heavy atom. The highest BCUT2D eigenvalue weighted by Gasteiger charge is 2.13. The van der Waals surface area contributed by atoms with E-state index in [0.29, 0.717) is 0 Å². The van der Waals surface area contributed by atoms with Crippen LogP contribution >= 0.6 is 11.6 Å². The minimum absolute atomic E-state index is 0.826. The van der Waals surface area contributed by atoms with Crippen LogP contribution in [0.4, 0.5) is 5.69 Å². The minimum Gasteiger partial charge on any atom is -0.388 e. The maximum absolute atomic E-state index is 8.00. The largest absolute Gasteiger partial charge is 0.388 e. The van der Waals surface area contributed by atoms with Crippen molar-refractivity contribution in [2.75, 3.05) is 45.6 Å². The molecule has 0 spiro atoms. The lowest BCUT2D eigenvalue weighted by atomic mass is 10.2. The molecule has 0 radical (unpaired) electrons. The Hall–Kier alpha value is -2.32. The number of carbonyl (C=O) groups excluding carboxylic acids is 1. The Balaban J connectivity index is 0. The Morgan fingerprint density at radius 2 is 1.39 bits per heavy atom. The average molecular weight is 446 g/mol. The predicted octanol–water partition coefficient (Wildman–Crippen LogP) is 5.52. The number of nitrogens with one attached hydrogen (secondary N) is 1. The molecular formula is C26H40ClN3O. The van der Waals surface area contributed by atoms with Crippen LogP contribution in [0.3, 0.4) is 0 Å². The number of benzene rings is 2. The molecule has 31 heavy (non-hydrogen) atoms. The van der Waals surface area contributed by atoms with E-state index in [1.807, 2.05) is 53.7 Å². The number of rotatable bonds is 3. The maximum Gasteiger partial charge on any atom is 0.106 e. The number of hydrogen-bond donors (Lipinski definition) is 1. The predicted molar refractivity (Wildman–Crippen MR) is 138 cm³/mol. The van der Waals surface area contributed by atoms with Crippen LogP contribution in [0.15, 0.2) is 42.5 Å². The third kappa shape index (κ3) is 14.3. The number of hydrogen-bond acceptors (Lipinski definition) is 4. The number of aryl methyl sites for hydroxylation is 2. The molecule has 4 nitrogen and oxygen atoms in total. The first-order chi connectivity index (χ1) is 15.0. The van der Waals surface area contributed by atoms with Crippen LogP contribution in [0, 0.1) is 26.7 Å². The normalized spacial score (nSPS) is 12.8. The topological polar surface area (TPSA) is 35.6 Å². The van der Waals surface area contributed by atoms with E-state index in [9.17, 15) is 0 Å². The van der Waals surface area contributed by atoms with E-state index in [1.54, 1.807) is 0 Å². The van der Waals surface area contributed by atoms with E-state index >= 15 is 0 Å². The van der Waals surface area contributed by atoms with Crippen LogP contribution in [0.25, 0.3) is 0 Å². The third-order valence-corrected chi connectivity index (χ3v) is 4.65. The second-order valence-electron chi connectivity index (χ2n) is 6.83. The van der Waals surface area contributed by atoms with Crippen LogP contribution < -0.4 is 5.32 Å². The van der Waals surface area contributed by atoms with Gasteiger partial charge in [0.2, 0.25) is 0 Å². The standard InChI is InChI=1S/C13H21N3.C8H9Cl.C2H6.C2H2.CH2O/c1-14-13-5-3-12(4-6-13)11-16-9-7-15(2)8-10-16;1-6-3-7(2)5-8(9)4-6;3*1-2/h3-6,14H,7-11H2,1-2H3;3-5H,1-2H3;1-2H3;1-2H;1H2. The van der Waals surface area contributed by atoms with E-state index in [0.717, 1.165) is 11.6 Å². The van der Waals surface area contributed by atoms with Crippen LogP contribution in [0.2, 0.25) is 5.02 Å². The van der Waals surface area contributed by atoms with Crippen molar-refractivity contribution in [1.82, 2.24) is 9.80 Å². The van der Waals surface area contributed by atoms with Gasteiger partial charge in [-0.25, -0.2) is 0 Å². The van der Waals surface area contributed by atoms with Gasteiger partial charge in [-0.2, -0.15) is 0 Å². The monoisotopic (exact) mass is 445 g/mol. The van der Waals surface area contributed by atoms with Crippen molar-refractivity contribution in [2.24, 2.45) is 0 Å². The molecule has 2 aromatic carbocycles. The fraction of sp³-hybridized carbons (Fsp3) is 0.423. The Labute approximate surface area is 195 Å². The zero-order chi connectivity index (χ0) is 24.2. The third-order valence-electron chi connectivity index (χ3n) is 4.43. The summed E-state index contributed by atoms with van der Waals surface area (Å²) in [5.41, 5.74) is 5.03. The van der Waals surface area contributed by atoms with Gasteiger partial charge in [-0.1, -0.05) is 43.6 Å². The van der Waals surface area contributed by atoms with Crippen LogP contribution in [0.5, 0.6) is 0 Å². The van der Waals surface area contributed by atoms with Crippen molar-refractivity contribution in [1.29, 1.82) is 0 Å². The maximum atomic E-state index is 8.00. The molecule has 0 aromatic heterocycles. The van der Waals surface area contributed by atoms with Crippen molar-refractivity contribution < 1.29 is 4.79 Å². The second-order valence-corrected chi connectivity index (χ2v) is 7.27. The number of nitrogens with zero attached hydrogens (tertiary/aromatic N) is 2. The Kier molecular flexibility index (Phi) is 19.5. The van der Waals surface area contributed by atoms with Gasteiger partial charge in [0.15, 0.2) is 0 Å². The molecule has 0 amide bonds. The van der Waals surface area contributed by atoms with E-state index in [4.69, 9.17) is 16.4 Å². The average Bonchev–Trinajstić information content (AvgIpc) is 2.79. The molecule has 1 N–H and O–H groups in total. The molecular weight excluding hydrogens is 406 g/mol. The van der Waals surface area contributed by atoms with E-state index in [2.05, 4.69) is 65.3 Å². The number of halogens is 1. The van der Waals surface area contributed by atoms with E-state index in [1.165, 1.54) is 48.6 Å². The molecule has 0 saturated carbocycles. The highest BCUT2D eigenvalue weighted by Crippen LogP contribution is 2.13. The van der Waals surface area contributed by atoms with Gasteiger partial charge in [0.05, 0.1) is 0 Å². The molecule has 1 heterocycles. The Bertz CT molecular complexity index is 658. The SMILES string of the molecule is C#C.C=O.CC.CNc1ccc(CN2CCN(C)CC2)cc1.Cc1cc(C)cc(Cl)c1. The molecule has 1 saturated heterocycles. The van der Waals surface area contributed by atoms with Gasteiger partial charge < -0.3 is 15.0 Å². The summed E-state index contributed by atoms with van der Waals surface area (Å²) < 4.78 is 0. The van der Waals surface area contributed by atoms with Crippen molar-refractivity contribution in [3.63, 3.8) is 0 Å². The molecule has 2 aromatic rings. The number of likely N-dealkylation sites (N-methyl/N-ethyl adjacent to an activating group) is 1. The van der Waals surface area contributed by atoms with Gasteiger partial charge in [-0.05, 0) is 61.9 Å². The number of terminal acetylenes is 1. The van der Waals surface area contributed by atoms with Crippen LogP contribution in [0.1, 0.15) is 30.5 Å². The van der Waals surface area contributed by atoms with Gasteiger partial charge in [0, 0.05) is 50.5 Å². The quantitative estimate of drug-likeness (QED) is 0.630. The summed E-state index contributed by atoms with van der Waals surface area (Å²) in [5.74, 6) is 0. The molecule has 1 aliphatic heterocycles. The van der Waals surface area contributed by atoms with E-state index in [-0.39, 0.29) is 0 Å². The Morgan fingerprint density at radius 1 is 0.935 bits per heavy atom. The first-order valence-electron chi connectivity index (χ1n) is 10.5. The minimum atomic E-state index is 0.826. The van der Waals surface area contributed by atoms with Crippen molar-refractivity contribution >= 4 is 24.1 Å². The van der Waals surface area contributed by atoms with Crippen molar-refractivity contribution in [2.45, 2.75) is 34.2 Å². The van der Waals surface area contributed by atoms with Gasteiger partial charge in [0.1, 0.15) is 6.79 Å². The van der Waals surface area contributed by atoms with Gasteiger partial charge in [-0.15, -0.1) is 12.8 Å². The lowest BCUT2D eigenvalue weighted by molar-refractivity contribution is -0.0979. The summed E-state index contributed by atoms with van der Waals surface area (Å²) in [5, 5.41) is 3.97. The fourth-order valence-electron chi connectivity index (χ4n) is 2.96. The molecule has 1 aliphatic rings. The van der Waals surface area contributed by atoms with Crippen LogP contribution in [-0.2, 0) is 11.3 Å². The first-order valence-corrected chi connectivity index (χ1v) is 10.9. The summed E-state index contributed by atoms with van der Waals surface area (Å²) >= 11 is 5.75. The highest BCUT2D eigenvalue weighted by atomic mass is 35.5. The second kappa shape index (κ2) is 19.6. The zero-order valence-electron chi connectivity index (χ0n) is 20.1. The van der Waals surface area contributed by atoms with Gasteiger partial charge in [-0.3, -0.25) is 4.90 Å². The smallest absolute Gasteiger partial charge is 0.106 e. The highest BCUT2D eigenvalue weighted by molar-refractivity contribution is 6.30. The number of piperazine rings is 1. The summed E-state index contributed by atoms with van der Waals surface area (Å²) in [7, 11) is 4.15. The molecule has 0 bridgehead atoms. The van der Waals surface area contributed by atoms with Crippen molar-refractivity contribution in [3.8, 4) is 12.8 Å². The molecule has 5 heteroatoms. The molecule has 172 valence electrons. The lowest BCUT2D eigenvalue weighted by Crippen LogP contribution is -2.43. The van der Waals surface area contributed by atoms with E-state index < -0.39 is 0 Å². The molecule has 1 fully saturated rings. The summed E-state index contributed by atoms with van der Waals surface area (Å²) in [6, 6.07) is 14.7. The van der Waals surface area contributed by atoms with Gasteiger partial charge >= 0.3 is 0 Å². The summed E-state index contributed by atoms with van der Waals surface area (Å²) in [6.07, 6.45) is 8.00. The molecule has 3 rings (SSSR count). The van der Waals surface area contributed by atoms with Crippen molar-refractivity contribution in [3.05, 3.63) is 64.2 Å². The summed E-state index contributed by atoms with van der Waals surface area (Å²) in [4.78, 5) is 12.9. The zero-order valence-corrected chi connectivity index (χ0v) is 20.9. The van der Waals surface area contributed by atoms with Gasteiger partial charge in [0.25, 0.3) is 0 Å². The molecule has 0 atom stereocenters. The first kappa shape index (κ1) is 30.9. The summed E-state index contributed by atoms with van der Waals surface area (Å²) in [6.45, 7) is 15.9. The number of carbonyl (C=O) groups is 1. The lowest BCUT2D eigenvalue weighted by Gasteiger charge is -2.32. The number of anilines is 1. The molecule has 0 unspecified atom stereocenters. The van der Waals surface area contributed by atoms with Crippen LogP contribution in [-0.4, -0.2) is 56.9 Å². The molecule has 0 aliphatic carbocycles.